The molecule has 1 aromatic carbocycles. The van der Waals surface area contributed by atoms with E-state index in [1.165, 1.54) is 51.4 Å². The molecule has 0 amide bonds. The maximum absolute atomic E-state index is 11.6. The Balaban J connectivity index is 2.03. The second kappa shape index (κ2) is 15.5. The van der Waals surface area contributed by atoms with Crippen LogP contribution in [0.15, 0.2) is 24.3 Å². The summed E-state index contributed by atoms with van der Waals surface area (Å²) >= 11 is 0. The third kappa shape index (κ3) is 11.7. The summed E-state index contributed by atoms with van der Waals surface area (Å²) in [5, 5.41) is 13.4. The minimum Gasteiger partial charge on any atom is -0.462 e. The second-order valence-corrected chi connectivity index (χ2v) is 7.28. The number of ether oxygens (including phenoxy) is 1. The minimum atomic E-state index is -0.291. The van der Waals surface area contributed by atoms with Crippen LogP contribution >= 0.6 is 0 Å². The fraction of sp³-hybridized carbons (Fsp3) is 0.696. The molecule has 4 nitrogen and oxygen atoms in total. The maximum Gasteiger partial charge on any atom is 0.338 e. The van der Waals surface area contributed by atoms with Crippen molar-refractivity contribution in [2.45, 2.75) is 90.6 Å². The first-order valence-corrected chi connectivity index (χ1v) is 10.9. The molecule has 1 atom stereocenters. The van der Waals surface area contributed by atoms with Crippen LogP contribution in [0.3, 0.4) is 0 Å². The number of hydrogen-bond donors (Lipinski definition) is 2. The molecule has 0 aromatic heterocycles. The van der Waals surface area contributed by atoms with E-state index in [9.17, 15) is 9.90 Å². The quantitative estimate of drug-likeness (QED) is 0.276. The van der Waals surface area contributed by atoms with Gasteiger partial charge in [0.2, 0.25) is 0 Å². The maximum atomic E-state index is 11.6. The number of esters is 1. The van der Waals surface area contributed by atoms with Gasteiger partial charge in [-0.3, -0.25) is 0 Å². The monoisotopic (exact) mass is 377 g/mol. The summed E-state index contributed by atoms with van der Waals surface area (Å²) in [5.74, 6) is -0.291. The fourth-order valence-corrected chi connectivity index (χ4v) is 3.16. The Labute approximate surface area is 165 Å². The Kier molecular flexibility index (Phi) is 13.5. The zero-order valence-electron chi connectivity index (χ0n) is 17.3. The number of hydrogen-bond acceptors (Lipinski definition) is 4. The highest BCUT2D eigenvalue weighted by atomic mass is 16.5. The largest absolute Gasteiger partial charge is 0.462 e. The number of rotatable bonds is 16. The van der Waals surface area contributed by atoms with E-state index in [4.69, 9.17) is 4.74 Å². The number of carbonyl (C=O) groups is 1. The molecule has 27 heavy (non-hydrogen) atoms. The molecule has 4 heteroatoms. The molecule has 0 aliphatic rings. The van der Waals surface area contributed by atoms with Gasteiger partial charge in [0.25, 0.3) is 0 Å². The standard InChI is InChI=1S/C23H39NO3/c1-3-5-6-7-8-9-10-11-12-13-22(25)18-19-24-21-16-14-20(15-17-21)23(26)27-4-2/h14-17,22,24-25H,3-13,18-19H2,1-2H3. The van der Waals surface area contributed by atoms with E-state index in [2.05, 4.69) is 12.2 Å². The van der Waals surface area contributed by atoms with Crippen LogP contribution in [-0.4, -0.2) is 30.3 Å². The summed E-state index contributed by atoms with van der Waals surface area (Å²) in [7, 11) is 0. The van der Waals surface area contributed by atoms with Crippen molar-refractivity contribution in [3.05, 3.63) is 29.8 Å². The molecule has 2 N–H and O–H groups in total. The number of aliphatic hydroxyl groups is 1. The molecule has 0 aliphatic heterocycles. The lowest BCUT2D eigenvalue weighted by Crippen LogP contribution is -2.13. The van der Waals surface area contributed by atoms with Crippen LogP contribution in [-0.2, 0) is 4.74 Å². The van der Waals surface area contributed by atoms with E-state index in [0.717, 1.165) is 31.5 Å². The average molecular weight is 378 g/mol. The van der Waals surface area contributed by atoms with Crippen LogP contribution in [0.25, 0.3) is 0 Å². The Hall–Kier alpha value is -1.55. The molecule has 0 aliphatic carbocycles. The molecular formula is C23H39NO3. The number of unbranched alkanes of at least 4 members (excludes halogenated alkanes) is 8. The van der Waals surface area contributed by atoms with Crippen molar-refractivity contribution in [1.29, 1.82) is 0 Å². The van der Waals surface area contributed by atoms with Crippen LogP contribution in [0.2, 0.25) is 0 Å². The van der Waals surface area contributed by atoms with Gasteiger partial charge in [0.05, 0.1) is 18.3 Å². The normalized spacial score (nSPS) is 12.0. The van der Waals surface area contributed by atoms with Gasteiger partial charge >= 0.3 is 5.97 Å². The highest BCUT2D eigenvalue weighted by Gasteiger charge is 2.06. The lowest BCUT2D eigenvalue weighted by Gasteiger charge is -2.12. The van der Waals surface area contributed by atoms with Crippen molar-refractivity contribution < 1.29 is 14.6 Å². The van der Waals surface area contributed by atoms with Crippen LogP contribution in [0, 0.1) is 0 Å². The van der Waals surface area contributed by atoms with Crippen molar-refractivity contribution in [3.63, 3.8) is 0 Å². The van der Waals surface area contributed by atoms with Crippen LogP contribution in [0.1, 0.15) is 94.8 Å². The van der Waals surface area contributed by atoms with Crippen molar-refractivity contribution in [2.24, 2.45) is 0 Å². The number of nitrogens with one attached hydrogen (secondary N) is 1. The van der Waals surface area contributed by atoms with Crippen LogP contribution in [0.4, 0.5) is 5.69 Å². The molecule has 0 bridgehead atoms. The van der Waals surface area contributed by atoms with E-state index >= 15 is 0 Å². The van der Waals surface area contributed by atoms with Gasteiger partial charge < -0.3 is 15.2 Å². The van der Waals surface area contributed by atoms with Gasteiger partial charge in [-0.15, -0.1) is 0 Å². The lowest BCUT2D eigenvalue weighted by atomic mass is 10.0. The Morgan fingerprint density at radius 2 is 1.52 bits per heavy atom. The number of benzene rings is 1. The number of carbonyl (C=O) groups excluding carboxylic acids is 1. The smallest absolute Gasteiger partial charge is 0.338 e. The average Bonchev–Trinajstić information content (AvgIpc) is 2.67. The lowest BCUT2D eigenvalue weighted by molar-refractivity contribution is 0.0526. The molecule has 1 rings (SSSR count). The molecule has 0 spiro atoms. The molecule has 0 fully saturated rings. The third-order valence-corrected chi connectivity index (χ3v) is 4.84. The van der Waals surface area contributed by atoms with Gasteiger partial charge in [-0.1, -0.05) is 64.7 Å². The zero-order valence-corrected chi connectivity index (χ0v) is 17.3. The van der Waals surface area contributed by atoms with Crippen molar-refractivity contribution >= 4 is 11.7 Å². The summed E-state index contributed by atoms with van der Waals surface area (Å²) in [6.07, 6.45) is 13.2. The molecule has 0 heterocycles. The first-order chi connectivity index (χ1) is 13.2. The molecule has 1 aromatic rings. The van der Waals surface area contributed by atoms with Crippen LogP contribution < -0.4 is 5.32 Å². The Bertz CT molecular complexity index is 487. The summed E-state index contributed by atoms with van der Waals surface area (Å²) in [4.78, 5) is 11.6. The van der Waals surface area contributed by atoms with E-state index < -0.39 is 0 Å². The van der Waals surface area contributed by atoms with Crippen LogP contribution in [0.5, 0.6) is 0 Å². The van der Waals surface area contributed by atoms with Gasteiger partial charge in [-0.25, -0.2) is 4.79 Å². The van der Waals surface area contributed by atoms with E-state index in [1.807, 2.05) is 12.1 Å². The summed E-state index contributed by atoms with van der Waals surface area (Å²) in [6.45, 7) is 5.17. The summed E-state index contributed by atoms with van der Waals surface area (Å²) in [6, 6.07) is 7.27. The highest BCUT2D eigenvalue weighted by molar-refractivity contribution is 5.89. The molecule has 0 saturated carbocycles. The summed E-state index contributed by atoms with van der Waals surface area (Å²) in [5.41, 5.74) is 1.52. The van der Waals surface area contributed by atoms with Crippen molar-refractivity contribution in [3.8, 4) is 0 Å². The number of anilines is 1. The fourth-order valence-electron chi connectivity index (χ4n) is 3.16. The van der Waals surface area contributed by atoms with Gasteiger partial charge in [-0.05, 0) is 44.0 Å². The first kappa shape index (κ1) is 23.5. The van der Waals surface area contributed by atoms with Crippen molar-refractivity contribution in [1.82, 2.24) is 0 Å². The molecule has 0 saturated heterocycles. The van der Waals surface area contributed by atoms with E-state index in [1.54, 1.807) is 19.1 Å². The molecule has 0 radical (unpaired) electrons. The predicted molar refractivity (Wildman–Crippen MR) is 113 cm³/mol. The van der Waals surface area contributed by atoms with E-state index in [-0.39, 0.29) is 12.1 Å². The van der Waals surface area contributed by atoms with E-state index in [0.29, 0.717) is 12.2 Å². The Morgan fingerprint density at radius 3 is 2.11 bits per heavy atom. The number of aliphatic hydroxyl groups excluding tert-OH is 1. The van der Waals surface area contributed by atoms with Gasteiger partial charge in [-0.2, -0.15) is 0 Å². The molecule has 1 unspecified atom stereocenters. The van der Waals surface area contributed by atoms with Crippen molar-refractivity contribution in [2.75, 3.05) is 18.5 Å². The predicted octanol–water partition coefficient (Wildman–Crippen LogP) is 5.95. The van der Waals surface area contributed by atoms with Gasteiger partial charge in [0, 0.05) is 12.2 Å². The Morgan fingerprint density at radius 1 is 0.926 bits per heavy atom. The first-order valence-electron chi connectivity index (χ1n) is 10.9. The minimum absolute atomic E-state index is 0.235. The molecule has 154 valence electrons. The van der Waals surface area contributed by atoms with Gasteiger partial charge in [0.15, 0.2) is 0 Å². The second-order valence-electron chi connectivity index (χ2n) is 7.28. The SMILES string of the molecule is CCCCCCCCCCCC(O)CCNc1ccc(C(=O)OCC)cc1. The molecular weight excluding hydrogens is 338 g/mol. The summed E-state index contributed by atoms with van der Waals surface area (Å²) < 4.78 is 4.97. The van der Waals surface area contributed by atoms with Gasteiger partial charge in [0.1, 0.15) is 0 Å². The highest BCUT2D eigenvalue weighted by Crippen LogP contribution is 2.14. The third-order valence-electron chi connectivity index (χ3n) is 4.84. The zero-order chi connectivity index (χ0) is 19.7. The topological polar surface area (TPSA) is 58.6 Å².